The minimum atomic E-state index is -1.36. The first-order valence-corrected chi connectivity index (χ1v) is 6.28. The van der Waals surface area contributed by atoms with E-state index in [0.29, 0.717) is 18.0 Å². The Morgan fingerprint density at radius 1 is 1.47 bits per heavy atom. The van der Waals surface area contributed by atoms with Gasteiger partial charge in [-0.15, -0.1) is 11.3 Å². The Bertz CT molecular complexity index is 488. The second kappa shape index (κ2) is 6.81. The van der Waals surface area contributed by atoms with Crippen LogP contribution in [0.25, 0.3) is 0 Å². The van der Waals surface area contributed by atoms with Crippen LogP contribution in [0.3, 0.4) is 0 Å². The summed E-state index contributed by atoms with van der Waals surface area (Å²) < 4.78 is 0. The molecule has 1 aromatic rings. The summed E-state index contributed by atoms with van der Waals surface area (Å²) in [7, 11) is 0. The van der Waals surface area contributed by atoms with Crippen LogP contribution in [0, 0.1) is 0 Å². The van der Waals surface area contributed by atoms with E-state index in [-0.39, 0.29) is 5.69 Å². The molecule has 1 aromatic heterocycles. The molecule has 0 bridgehead atoms. The highest BCUT2D eigenvalue weighted by Crippen LogP contribution is 2.10. The smallest absolute Gasteiger partial charge is 0.326 e. The molecule has 8 nitrogen and oxygen atoms in total. The van der Waals surface area contributed by atoms with Gasteiger partial charge in [-0.05, 0) is 6.54 Å². The number of hydrogen-bond acceptors (Lipinski definition) is 6. The maximum absolute atomic E-state index is 11.7. The summed E-state index contributed by atoms with van der Waals surface area (Å²) in [6, 6.07) is -1.36. The average Bonchev–Trinajstić information content (AvgIpc) is 2.76. The predicted octanol–water partition coefficient (Wildman–Crippen LogP) is -1.30. The average molecular weight is 286 g/mol. The number of aromatic nitrogens is 1. The fourth-order valence-corrected chi connectivity index (χ4v) is 2.08. The zero-order chi connectivity index (χ0) is 14.4. The normalized spacial score (nSPS) is 11.8. The molecule has 1 heterocycles. The van der Waals surface area contributed by atoms with Crippen LogP contribution in [0.4, 0.5) is 0 Å². The number of aliphatic carboxylic acids is 1. The van der Waals surface area contributed by atoms with Crippen LogP contribution in [0.15, 0.2) is 5.38 Å². The molecular weight excluding hydrogens is 272 g/mol. The number of hydrogen-bond donors (Lipinski definition) is 4. The van der Waals surface area contributed by atoms with Gasteiger partial charge in [0.1, 0.15) is 11.7 Å². The van der Waals surface area contributed by atoms with Gasteiger partial charge in [-0.3, -0.25) is 9.59 Å². The van der Waals surface area contributed by atoms with Crippen molar-refractivity contribution in [2.45, 2.75) is 18.9 Å². The number of amides is 2. The molecule has 2 amide bonds. The molecule has 0 spiro atoms. The van der Waals surface area contributed by atoms with E-state index in [2.05, 4.69) is 10.3 Å². The van der Waals surface area contributed by atoms with E-state index in [1.807, 2.05) is 0 Å². The number of rotatable bonds is 7. The van der Waals surface area contributed by atoms with Gasteiger partial charge < -0.3 is 21.9 Å². The molecule has 0 aliphatic heterocycles. The van der Waals surface area contributed by atoms with E-state index < -0.39 is 30.2 Å². The number of carboxylic acids is 1. The Labute approximate surface area is 112 Å². The molecule has 1 atom stereocenters. The molecule has 104 valence electrons. The van der Waals surface area contributed by atoms with Crippen molar-refractivity contribution in [1.82, 2.24) is 10.3 Å². The molecule has 0 radical (unpaired) electrons. The summed E-state index contributed by atoms with van der Waals surface area (Å²) in [5.41, 5.74) is 10.4. The van der Waals surface area contributed by atoms with Gasteiger partial charge in [0.25, 0.3) is 5.91 Å². The molecule has 6 N–H and O–H groups in total. The van der Waals surface area contributed by atoms with E-state index in [4.69, 9.17) is 16.6 Å². The van der Waals surface area contributed by atoms with E-state index in [0.717, 1.165) is 0 Å². The zero-order valence-electron chi connectivity index (χ0n) is 9.96. The summed E-state index contributed by atoms with van der Waals surface area (Å²) in [6.07, 6.45) is 0.0719. The molecule has 0 aromatic carbocycles. The number of carboxylic acid groups (broad SMARTS) is 1. The Morgan fingerprint density at radius 3 is 2.68 bits per heavy atom. The fraction of sp³-hybridized carbons (Fsp3) is 0.400. The van der Waals surface area contributed by atoms with E-state index >= 15 is 0 Å². The number of carbonyl (C=O) groups excluding carboxylic acids is 2. The van der Waals surface area contributed by atoms with Crippen molar-refractivity contribution < 1.29 is 19.5 Å². The first-order chi connectivity index (χ1) is 8.93. The number of nitrogens with one attached hydrogen (secondary N) is 1. The van der Waals surface area contributed by atoms with Gasteiger partial charge in [-0.25, -0.2) is 9.78 Å². The number of primary amides is 1. The zero-order valence-corrected chi connectivity index (χ0v) is 10.8. The van der Waals surface area contributed by atoms with Crippen molar-refractivity contribution in [1.29, 1.82) is 0 Å². The molecule has 0 fully saturated rings. The minimum absolute atomic E-state index is 0.101. The summed E-state index contributed by atoms with van der Waals surface area (Å²) in [5.74, 6) is -2.80. The van der Waals surface area contributed by atoms with Crippen molar-refractivity contribution in [3.8, 4) is 0 Å². The first kappa shape index (κ1) is 15.1. The molecule has 0 saturated carbocycles. The van der Waals surface area contributed by atoms with Crippen LogP contribution in [0.2, 0.25) is 0 Å². The number of nitrogens with zero attached hydrogens (tertiary/aromatic N) is 1. The van der Waals surface area contributed by atoms with Gasteiger partial charge in [-0.1, -0.05) is 0 Å². The predicted molar refractivity (Wildman–Crippen MR) is 67.6 cm³/mol. The lowest BCUT2D eigenvalue weighted by Crippen LogP contribution is -2.43. The number of thiazole rings is 1. The lowest BCUT2D eigenvalue weighted by Gasteiger charge is -2.11. The third-order valence-corrected chi connectivity index (χ3v) is 3.06. The highest BCUT2D eigenvalue weighted by atomic mass is 32.1. The SMILES string of the molecule is NCCc1nc(C(=O)NC(CC(N)=O)C(=O)O)cs1. The maximum atomic E-state index is 11.7. The van der Waals surface area contributed by atoms with Gasteiger partial charge >= 0.3 is 5.97 Å². The van der Waals surface area contributed by atoms with Gasteiger partial charge in [-0.2, -0.15) is 0 Å². The number of carbonyl (C=O) groups is 3. The molecular formula is C10H14N4O4S. The second-order valence-corrected chi connectivity index (χ2v) is 4.64. The first-order valence-electron chi connectivity index (χ1n) is 5.40. The van der Waals surface area contributed by atoms with Gasteiger partial charge in [0.15, 0.2) is 0 Å². The quantitative estimate of drug-likeness (QED) is 0.489. The van der Waals surface area contributed by atoms with E-state index in [1.54, 1.807) is 0 Å². The molecule has 0 aliphatic carbocycles. The van der Waals surface area contributed by atoms with Crippen molar-refractivity contribution in [2.24, 2.45) is 11.5 Å². The van der Waals surface area contributed by atoms with Crippen molar-refractivity contribution in [3.63, 3.8) is 0 Å². The van der Waals surface area contributed by atoms with Crippen LogP contribution in [-0.2, 0) is 16.0 Å². The molecule has 1 rings (SSSR count). The highest BCUT2D eigenvalue weighted by molar-refractivity contribution is 7.09. The second-order valence-electron chi connectivity index (χ2n) is 3.70. The molecule has 0 saturated heterocycles. The van der Waals surface area contributed by atoms with Crippen LogP contribution in [0.1, 0.15) is 21.9 Å². The fourth-order valence-electron chi connectivity index (χ4n) is 1.29. The van der Waals surface area contributed by atoms with Crippen LogP contribution in [0.5, 0.6) is 0 Å². The minimum Gasteiger partial charge on any atom is -0.480 e. The molecule has 1 unspecified atom stereocenters. The van der Waals surface area contributed by atoms with Gasteiger partial charge in [0.2, 0.25) is 5.91 Å². The molecule has 0 aliphatic rings. The summed E-state index contributed by atoms with van der Waals surface area (Å²) in [5, 5.41) is 13.2. The summed E-state index contributed by atoms with van der Waals surface area (Å²) >= 11 is 1.26. The lowest BCUT2D eigenvalue weighted by molar-refractivity contribution is -0.140. The monoisotopic (exact) mass is 286 g/mol. The van der Waals surface area contributed by atoms with Gasteiger partial charge in [0, 0.05) is 11.8 Å². The number of nitrogens with two attached hydrogens (primary N) is 2. The van der Waals surface area contributed by atoms with Gasteiger partial charge in [0.05, 0.1) is 11.4 Å². The third-order valence-electron chi connectivity index (χ3n) is 2.15. The summed E-state index contributed by atoms with van der Waals surface area (Å²) in [6.45, 7) is 0.411. The third kappa shape index (κ3) is 4.64. The van der Waals surface area contributed by atoms with Crippen molar-refractivity contribution >= 4 is 29.1 Å². The summed E-state index contributed by atoms with van der Waals surface area (Å²) in [4.78, 5) is 37.3. The van der Waals surface area contributed by atoms with E-state index in [1.165, 1.54) is 16.7 Å². The van der Waals surface area contributed by atoms with Crippen LogP contribution in [-0.4, -0.2) is 40.5 Å². The van der Waals surface area contributed by atoms with Crippen LogP contribution >= 0.6 is 11.3 Å². The lowest BCUT2D eigenvalue weighted by atomic mass is 10.2. The van der Waals surface area contributed by atoms with Crippen molar-refractivity contribution in [3.05, 3.63) is 16.1 Å². The topological polar surface area (TPSA) is 148 Å². The Balaban J connectivity index is 2.70. The van der Waals surface area contributed by atoms with Crippen LogP contribution < -0.4 is 16.8 Å². The van der Waals surface area contributed by atoms with Crippen molar-refractivity contribution in [2.75, 3.05) is 6.54 Å². The molecule has 19 heavy (non-hydrogen) atoms. The standard InChI is InChI=1S/C10H14N4O4S/c11-2-1-8-13-6(4-19-8)9(16)14-5(10(17)18)3-7(12)15/h4-5H,1-3,11H2,(H2,12,15)(H,14,16)(H,17,18). The largest absolute Gasteiger partial charge is 0.480 e. The Hall–Kier alpha value is -2.00. The molecule has 9 heteroatoms. The maximum Gasteiger partial charge on any atom is 0.326 e. The highest BCUT2D eigenvalue weighted by Gasteiger charge is 2.23. The Morgan fingerprint density at radius 2 is 2.16 bits per heavy atom. The van der Waals surface area contributed by atoms with E-state index in [9.17, 15) is 14.4 Å². The Kier molecular flexibility index (Phi) is 5.39.